The van der Waals surface area contributed by atoms with Gasteiger partial charge in [0.15, 0.2) is 0 Å². The third-order valence-corrected chi connectivity index (χ3v) is 5.12. The summed E-state index contributed by atoms with van der Waals surface area (Å²) in [6, 6.07) is 2.25. The van der Waals surface area contributed by atoms with Crippen LogP contribution in [0.25, 0.3) is 0 Å². The largest absolute Gasteiger partial charge is 0.460 e. The second-order valence-electron chi connectivity index (χ2n) is 7.27. The molecule has 160 valence electrons. The SMILES string of the molecule is C=CC(=O)OCCOC1C=CC(C(=O)OC2=CCC(C3=CCC(C#N)C=C3)C=C2)=CC1. The molecule has 3 aliphatic carbocycles. The lowest BCUT2D eigenvalue weighted by atomic mass is 9.86. The smallest absolute Gasteiger partial charge is 0.343 e. The summed E-state index contributed by atoms with van der Waals surface area (Å²) in [6.07, 6.45) is 20.0. The van der Waals surface area contributed by atoms with Gasteiger partial charge in [0.25, 0.3) is 0 Å². The number of nitriles is 1. The Hall–Kier alpha value is -3.43. The first-order chi connectivity index (χ1) is 15.1. The van der Waals surface area contributed by atoms with Gasteiger partial charge in [-0.15, -0.1) is 0 Å². The van der Waals surface area contributed by atoms with Crippen LogP contribution >= 0.6 is 0 Å². The summed E-state index contributed by atoms with van der Waals surface area (Å²) in [7, 11) is 0. The number of hydrogen-bond donors (Lipinski definition) is 0. The fourth-order valence-corrected chi connectivity index (χ4v) is 3.37. The fourth-order valence-electron chi connectivity index (χ4n) is 3.37. The molecule has 0 saturated carbocycles. The molecule has 6 heteroatoms. The van der Waals surface area contributed by atoms with Crippen molar-refractivity contribution >= 4 is 11.9 Å². The van der Waals surface area contributed by atoms with Crippen LogP contribution in [0.5, 0.6) is 0 Å². The average Bonchev–Trinajstić information content (AvgIpc) is 2.82. The number of carbonyl (C=O) groups is 2. The molecule has 0 radical (unpaired) electrons. The molecule has 0 amide bonds. The van der Waals surface area contributed by atoms with Crippen LogP contribution in [0.1, 0.15) is 19.3 Å². The standard InChI is InChI=1S/C25H25NO5/c1-2-24(27)30-16-15-29-22-11-9-21(10-12-22)25(28)31-23-13-7-20(8-14-23)19-5-3-18(17-26)4-6-19/h2-3,5-7,9-11,13-14,18,20,22H,1,4,8,12,15-16H2. The van der Waals surface area contributed by atoms with Crippen molar-refractivity contribution in [3.63, 3.8) is 0 Å². The zero-order valence-electron chi connectivity index (χ0n) is 17.2. The number of hydrogen-bond acceptors (Lipinski definition) is 6. The third kappa shape index (κ3) is 6.53. The average molecular weight is 419 g/mol. The molecule has 0 saturated heterocycles. The second-order valence-corrected chi connectivity index (χ2v) is 7.27. The van der Waals surface area contributed by atoms with E-state index in [4.69, 9.17) is 19.5 Å². The molecule has 3 rings (SSSR count). The molecule has 0 aromatic rings. The van der Waals surface area contributed by atoms with Gasteiger partial charge in [0.05, 0.1) is 30.3 Å². The Morgan fingerprint density at radius 1 is 1.06 bits per heavy atom. The van der Waals surface area contributed by atoms with Crippen LogP contribution in [-0.2, 0) is 23.8 Å². The number of rotatable bonds is 8. The van der Waals surface area contributed by atoms with Crippen LogP contribution in [0.15, 0.2) is 84.2 Å². The van der Waals surface area contributed by atoms with Crippen molar-refractivity contribution in [2.75, 3.05) is 13.2 Å². The topological polar surface area (TPSA) is 85.6 Å². The first-order valence-corrected chi connectivity index (χ1v) is 10.3. The van der Waals surface area contributed by atoms with E-state index in [1.54, 1.807) is 18.2 Å². The van der Waals surface area contributed by atoms with Gasteiger partial charge in [0.1, 0.15) is 12.4 Å². The Bertz CT molecular complexity index is 941. The molecule has 6 nitrogen and oxygen atoms in total. The first-order valence-electron chi connectivity index (χ1n) is 10.3. The molecule has 0 aromatic heterocycles. The zero-order valence-corrected chi connectivity index (χ0v) is 17.2. The lowest BCUT2D eigenvalue weighted by Gasteiger charge is -2.20. The second kappa shape index (κ2) is 11.1. The molecule has 0 aliphatic heterocycles. The van der Waals surface area contributed by atoms with Gasteiger partial charge in [-0.3, -0.25) is 0 Å². The first kappa shape index (κ1) is 22.3. The normalized spacial score (nSPS) is 24.4. The van der Waals surface area contributed by atoms with Crippen molar-refractivity contribution in [3.05, 3.63) is 84.2 Å². The maximum absolute atomic E-state index is 12.4. The molecule has 0 aromatic carbocycles. The van der Waals surface area contributed by atoms with Crippen molar-refractivity contribution in [1.82, 2.24) is 0 Å². The van der Waals surface area contributed by atoms with E-state index >= 15 is 0 Å². The number of esters is 2. The monoisotopic (exact) mass is 419 g/mol. The number of ether oxygens (including phenoxy) is 3. The molecular formula is C25H25NO5. The Labute approximate surface area is 182 Å². The maximum atomic E-state index is 12.4. The lowest BCUT2D eigenvalue weighted by molar-refractivity contribution is -0.139. The molecule has 0 bridgehead atoms. The van der Waals surface area contributed by atoms with Gasteiger partial charge < -0.3 is 14.2 Å². The third-order valence-electron chi connectivity index (χ3n) is 5.12. The van der Waals surface area contributed by atoms with E-state index in [1.807, 2.05) is 30.4 Å². The van der Waals surface area contributed by atoms with Crippen molar-refractivity contribution in [2.45, 2.75) is 25.4 Å². The number of carbonyl (C=O) groups excluding carboxylic acids is 2. The number of allylic oxidation sites excluding steroid dienone is 7. The molecule has 31 heavy (non-hydrogen) atoms. The highest BCUT2D eigenvalue weighted by Crippen LogP contribution is 2.29. The van der Waals surface area contributed by atoms with Crippen molar-refractivity contribution < 1.29 is 23.8 Å². The van der Waals surface area contributed by atoms with Crippen LogP contribution in [0.4, 0.5) is 0 Å². The van der Waals surface area contributed by atoms with Crippen LogP contribution in [0.2, 0.25) is 0 Å². The molecule has 3 aliphatic rings. The molecule has 0 fully saturated rings. The van der Waals surface area contributed by atoms with E-state index in [0.717, 1.165) is 18.9 Å². The molecule has 0 spiro atoms. The van der Waals surface area contributed by atoms with Crippen LogP contribution < -0.4 is 0 Å². The summed E-state index contributed by atoms with van der Waals surface area (Å²) in [5, 5.41) is 8.97. The quantitative estimate of drug-likeness (QED) is 0.336. The van der Waals surface area contributed by atoms with Gasteiger partial charge in [-0.1, -0.05) is 43.0 Å². The Balaban J connectivity index is 1.41. The van der Waals surface area contributed by atoms with Gasteiger partial charge in [-0.2, -0.15) is 5.26 Å². The van der Waals surface area contributed by atoms with Gasteiger partial charge >= 0.3 is 11.9 Å². The van der Waals surface area contributed by atoms with E-state index in [-0.39, 0.29) is 31.2 Å². The van der Waals surface area contributed by atoms with Crippen molar-refractivity contribution in [2.24, 2.45) is 11.8 Å². The van der Waals surface area contributed by atoms with Gasteiger partial charge in [0, 0.05) is 12.0 Å². The summed E-state index contributed by atoms with van der Waals surface area (Å²) in [5.41, 5.74) is 1.67. The summed E-state index contributed by atoms with van der Waals surface area (Å²) in [6.45, 7) is 3.75. The highest BCUT2D eigenvalue weighted by atomic mass is 16.6. The minimum atomic E-state index is -0.482. The van der Waals surface area contributed by atoms with Crippen molar-refractivity contribution in [3.8, 4) is 6.07 Å². The Morgan fingerprint density at radius 3 is 2.55 bits per heavy atom. The van der Waals surface area contributed by atoms with E-state index in [9.17, 15) is 9.59 Å². The molecule has 3 unspecified atom stereocenters. The summed E-state index contributed by atoms with van der Waals surface area (Å²) in [4.78, 5) is 23.4. The maximum Gasteiger partial charge on any atom is 0.343 e. The predicted octanol–water partition coefficient (Wildman–Crippen LogP) is 4.02. The molecule has 0 N–H and O–H groups in total. The number of nitrogens with zero attached hydrogens (tertiary/aromatic N) is 1. The summed E-state index contributed by atoms with van der Waals surface area (Å²) < 4.78 is 15.9. The molecule has 0 heterocycles. The lowest BCUT2D eigenvalue weighted by Crippen LogP contribution is -2.18. The minimum Gasteiger partial charge on any atom is -0.460 e. The van der Waals surface area contributed by atoms with E-state index in [2.05, 4.69) is 18.7 Å². The van der Waals surface area contributed by atoms with E-state index < -0.39 is 11.9 Å². The van der Waals surface area contributed by atoms with E-state index in [0.29, 0.717) is 17.8 Å². The molecule has 3 atom stereocenters. The Morgan fingerprint density at radius 2 is 1.94 bits per heavy atom. The van der Waals surface area contributed by atoms with Gasteiger partial charge in [0.2, 0.25) is 0 Å². The minimum absolute atomic E-state index is 0.0417. The fraction of sp³-hybridized carbons (Fsp3) is 0.320. The Kier molecular flexibility index (Phi) is 7.97. The van der Waals surface area contributed by atoms with Gasteiger partial charge in [-0.05, 0) is 43.1 Å². The van der Waals surface area contributed by atoms with Gasteiger partial charge in [-0.25, -0.2) is 9.59 Å². The molecular weight excluding hydrogens is 394 g/mol. The highest BCUT2D eigenvalue weighted by Gasteiger charge is 2.19. The van der Waals surface area contributed by atoms with Crippen LogP contribution in [0, 0.1) is 23.2 Å². The van der Waals surface area contributed by atoms with Crippen LogP contribution in [-0.4, -0.2) is 31.3 Å². The predicted molar refractivity (Wildman–Crippen MR) is 115 cm³/mol. The summed E-state index contributed by atoms with van der Waals surface area (Å²) >= 11 is 0. The zero-order chi connectivity index (χ0) is 22.1. The van der Waals surface area contributed by atoms with E-state index in [1.165, 1.54) is 5.57 Å². The van der Waals surface area contributed by atoms with Crippen LogP contribution in [0.3, 0.4) is 0 Å². The van der Waals surface area contributed by atoms with Crippen molar-refractivity contribution in [1.29, 1.82) is 5.26 Å². The highest BCUT2D eigenvalue weighted by molar-refractivity contribution is 5.92. The summed E-state index contributed by atoms with van der Waals surface area (Å²) in [5.74, 6) is -0.161.